The van der Waals surface area contributed by atoms with Crippen LogP contribution in [0.25, 0.3) is 0 Å². The molecule has 0 amide bonds. The van der Waals surface area contributed by atoms with Crippen molar-refractivity contribution < 1.29 is 24.6 Å². The zero-order valence-corrected chi connectivity index (χ0v) is 11.9. The molecule has 0 heterocycles. The minimum atomic E-state index is -2.16. The summed E-state index contributed by atoms with van der Waals surface area (Å²) < 4.78 is 0. The van der Waals surface area contributed by atoms with Crippen LogP contribution in [-0.2, 0) is 9.59 Å². The van der Waals surface area contributed by atoms with E-state index in [0.29, 0.717) is 5.56 Å². The number of rotatable bonds is 7. The van der Waals surface area contributed by atoms with Crippen molar-refractivity contribution in [1.29, 1.82) is 0 Å². The topological polar surface area (TPSA) is 118 Å². The first-order valence-corrected chi connectivity index (χ1v) is 6.61. The smallest absolute Gasteiger partial charge is 0.325 e. The quantitative estimate of drug-likeness (QED) is 0.654. The van der Waals surface area contributed by atoms with E-state index in [-0.39, 0.29) is 6.42 Å². The number of carboxylic acids is 2. The van der Waals surface area contributed by atoms with Gasteiger partial charge in [-0.05, 0) is 13.3 Å². The summed E-state index contributed by atoms with van der Waals surface area (Å²) in [6.45, 7) is 2.82. The molecule has 6 heteroatoms. The fourth-order valence-corrected chi connectivity index (χ4v) is 2.38. The molecule has 0 radical (unpaired) electrons. The zero-order chi connectivity index (χ0) is 16.2. The minimum absolute atomic E-state index is 0.133. The van der Waals surface area contributed by atoms with Gasteiger partial charge in [-0.2, -0.15) is 0 Å². The van der Waals surface area contributed by atoms with Crippen LogP contribution < -0.4 is 5.73 Å². The molecule has 0 aromatic heterocycles. The van der Waals surface area contributed by atoms with Crippen LogP contribution in [0.3, 0.4) is 0 Å². The predicted molar refractivity (Wildman–Crippen MR) is 75.9 cm³/mol. The molecule has 3 unspecified atom stereocenters. The molecule has 1 aromatic carbocycles. The summed E-state index contributed by atoms with van der Waals surface area (Å²) in [4.78, 5) is 35.3. The highest BCUT2D eigenvalue weighted by Gasteiger charge is 2.52. The number of carbonyl (C=O) groups is 3. The average molecular weight is 293 g/mol. The molecule has 4 N–H and O–H groups in total. The maximum absolute atomic E-state index is 12.5. The van der Waals surface area contributed by atoms with E-state index in [0.717, 1.165) is 0 Å². The first-order valence-electron chi connectivity index (χ1n) is 6.61. The van der Waals surface area contributed by atoms with E-state index in [1.807, 2.05) is 0 Å². The minimum Gasteiger partial charge on any atom is -0.481 e. The number of ketones is 1. The van der Waals surface area contributed by atoms with Crippen LogP contribution in [0.15, 0.2) is 30.3 Å². The van der Waals surface area contributed by atoms with E-state index in [1.165, 1.54) is 6.92 Å². The lowest BCUT2D eigenvalue weighted by molar-refractivity contribution is -0.156. The molecule has 0 aliphatic carbocycles. The average Bonchev–Trinajstić information content (AvgIpc) is 2.47. The molecular formula is C15H19NO5. The van der Waals surface area contributed by atoms with Crippen molar-refractivity contribution in [2.75, 3.05) is 0 Å². The second-order valence-corrected chi connectivity index (χ2v) is 4.99. The highest BCUT2D eigenvalue weighted by molar-refractivity contribution is 6.03. The Balaban J connectivity index is 3.30. The molecule has 0 fully saturated rings. The highest BCUT2D eigenvalue weighted by atomic mass is 16.4. The van der Waals surface area contributed by atoms with Gasteiger partial charge in [-0.1, -0.05) is 37.3 Å². The lowest BCUT2D eigenvalue weighted by Gasteiger charge is -2.35. The van der Waals surface area contributed by atoms with Crippen molar-refractivity contribution in [2.24, 2.45) is 17.6 Å². The molecule has 0 bridgehead atoms. The van der Waals surface area contributed by atoms with E-state index >= 15 is 0 Å². The van der Waals surface area contributed by atoms with Crippen LogP contribution >= 0.6 is 0 Å². The third kappa shape index (κ3) is 3.11. The molecule has 114 valence electrons. The molecule has 0 saturated heterocycles. The van der Waals surface area contributed by atoms with E-state index in [2.05, 4.69) is 0 Å². The molecule has 0 aliphatic rings. The Morgan fingerprint density at radius 2 is 1.71 bits per heavy atom. The number of carbonyl (C=O) groups excluding carboxylic acids is 1. The number of hydrogen-bond acceptors (Lipinski definition) is 4. The molecule has 3 atom stereocenters. The largest absolute Gasteiger partial charge is 0.481 e. The first-order chi connectivity index (χ1) is 9.76. The Bertz CT molecular complexity index is 542. The highest BCUT2D eigenvalue weighted by Crippen LogP contribution is 2.30. The van der Waals surface area contributed by atoms with Gasteiger partial charge in [-0.3, -0.25) is 14.4 Å². The van der Waals surface area contributed by atoms with Crippen molar-refractivity contribution in [2.45, 2.75) is 25.8 Å². The Labute approximate surface area is 122 Å². The second kappa shape index (κ2) is 6.49. The summed E-state index contributed by atoms with van der Waals surface area (Å²) in [5.74, 6) is -5.82. The van der Waals surface area contributed by atoms with Crippen molar-refractivity contribution in [3.8, 4) is 0 Å². The Hall–Kier alpha value is -2.21. The first kappa shape index (κ1) is 16.8. The monoisotopic (exact) mass is 293 g/mol. The van der Waals surface area contributed by atoms with Gasteiger partial charge in [0.1, 0.15) is 5.54 Å². The Kier molecular flexibility index (Phi) is 5.21. The van der Waals surface area contributed by atoms with Crippen LogP contribution in [0, 0.1) is 11.8 Å². The van der Waals surface area contributed by atoms with Crippen molar-refractivity contribution >= 4 is 17.7 Å². The fraction of sp³-hybridized carbons (Fsp3) is 0.400. The third-order valence-electron chi connectivity index (χ3n) is 3.82. The summed E-state index contributed by atoms with van der Waals surface area (Å²) in [6, 6.07) is 8.14. The van der Waals surface area contributed by atoms with Gasteiger partial charge in [0.05, 0.1) is 11.8 Å². The van der Waals surface area contributed by atoms with Gasteiger partial charge in [0.25, 0.3) is 0 Å². The normalized spacial score (nSPS) is 16.5. The van der Waals surface area contributed by atoms with Gasteiger partial charge < -0.3 is 15.9 Å². The van der Waals surface area contributed by atoms with Gasteiger partial charge in [0, 0.05) is 5.56 Å². The molecule has 0 aliphatic heterocycles. The Morgan fingerprint density at radius 1 is 1.19 bits per heavy atom. The molecule has 6 nitrogen and oxygen atoms in total. The number of hydrogen-bond donors (Lipinski definition) is 3. The maximum Gasteiger partial charge on any atom is 0.325 e. The summed E-state index contributed by atoms with van der Waals surface area (Å²) in [7, 11) is 0. The van der Waals surface area contributed by atoms with Gasteiger partial charge >= 0.3 is 11.9 Å². The third-order valence-corrected chi connectivity index (χ3v) is 3.82. The molecule has 0 saturated carbocycles. The Morgan fingerprint density at radius 3 is 2.10 bits per heavy atom. The van der Waals surface area contributed by atoms with Gasteiger partial charge in [0.15, 0.2) is 5.78 Å². The molecule has 1 aromatic rings. The van der Waals surface area contributed by atoms with Crippen LogP contribution in [0.4, 0.5) is 0 Å². The van der Waals surface area contributed by atoms with Crippen molar-refractivity contribution in [3.63, 3.8) is 0 Å². The van der Waals surface area contributed by atoms with Gasteiger partial charge in [-0.25, -0.2) is 0 Å². The number of nitrogens with two attached hydrogens (primary N) is 1. The number of aliphatic carboxylic acids is 2. The maximum atomic E-state index is 12.5. The number of benzene rings is 1. The summed E-state index contributed by atoms with van der Waals surface area (Å²) in [5, 5.41) is 18.5. The van der Waals surface area contributed by atoms with Crippen molar-refractivity contribution in [1.82, 2.24) is 0 Å². The second-order valence-electron chi connectivity index (χ2n) is 4.99. The van der Waals surface area contributed by atoms with E-state index in [1.54, 1.807) is 37.3 Å². The van der Waals surface area contributed by atoms with Crippen LogP contribution in [-0.4, -0.2) is 33.5 Å². The van der Waals surface area contributed by atoms with Crippen molar-refractivity contribution in [3.05, 3.63) is 35.9 Å². The summed E-state index contributed by atoms with van der Waals surface area (Å²) in [5.41, 5.74) is 4.04. The van der Waals surface area contributed by atoms with E-state index in [4.69, 9.17) is 10.8 Å². The zero-order valence-electron chi connectivity index (χ0n) is 11.9. The number of carboxylic acid groups (broad SMARTS) is 2. The van der Waals surface area contributed by atoms with Crippen LogP contribution in [0.2, 0.25) is 0 Å². The van der Waals surface area contributed by atoms with E-state index in [9.17, 15) is 19.5 Å². The lowest BCUT2D eigenvalue weighted by Crippen LogP contribution is -2.62. The van der Waals surface area contributed by atoms with Crippen LogP contribution in [0.5, 0.6) is 0 Å². The molecule has 21 heavy (non-hydrogen) atoms. The standard InChI is InChI=1S/C15H19NO5/c1-3-11(12(17)10-7-5-4-6-8-10)15(16,14(20)21)9(2)13(18)19/h4-9,11H,3,16H2,1-2H3,(H,18,19)(H,20,21). The van der Waals surface area contributed by atoms with Gasteiger partial charge in [0.2, 0.25) is 0 Å². The summed E-state index contributed by atoms with van der Waals surface area (Å²) >= 11 is 0. The predicted octanol–water partition coefficient (Wildman–Crippen LogP) is 1.40. The fourth-order valence-electron chi connectivity index (χ4n) is 2.38. The molecule has 1 rings (SSSR count). The van der Waals surface area contributed by atoms with E-state index < -0.39 is 35.1 Å². The SMILES string of the molecule is CCC(C(=O)c1ccccc1)C(N)(C(=O)O)C(C)C(=O)O. The molecular weight excluding hydrogens is 274 g/mol. The summed E-state index contributed by atoms with van der Waals surface area (Å²) in [6.07, 6.45) is 0.133. The van der Waals surface area contributed by atoms with Crippen LogP contribution in [0.1, 0.15) is 30.6 Å². The lowest BCUT2D eigenvalue weighted by atomic mass is 9.71. The molecule has 0 spiro atoms. The number of Topliss-reactive ketones (excluding diaryl/α,β-unsaturated/α-hetero) is 1. The van der Waals surface area contributed by atoms with Gasteiger partial charge in [-0.15, -0.1) is 0 Å².